The highest BCUT2D eigenvalue weighted by Crippen LogP contribution is 2.60. The number of halogens is 2. The summed E-state index contributed by atoms with van der Waals surface area (Å²) in [5.41, 5.74) is 1.37. The topological polar surface area (TPSA) is 12.0 Å². The van der Waals surface area contributed by atoms with Gasteiger partial charge in [0, 0.05) is 13.1 Å². The lowest BCUT2D eigenvalue weighted by Crippen LogP contribution is -2.25. The third-order valence-electron chi connectivity index (χ3n) is 4.13. The molecule has 3 heteroatoms. The van der Waals surface area contributed by atoms with Gasteiger partial charge in [0.1, 0.15) is 0 Å². The van der Waals surface area contributed by atoms with E-state index in [0.717, 1.165) is 18.0 Å². The smallest absolute Gasteiger partial charge is 0.159 e. The fourth-order valence-electron chi connectivity index (χ4n) is 2.69. The molecule has 0 atom stereocenters. The Bertz CT molecular complexity index is 422. The van der Waals surface area contributed by atoms with Crippen LogP contribution in [0.4, 0.5) is 8.78 Å². The van der Waals surface area contributed by atoms with Gasteiger partial charge in [0.25, 0.3) is 0 Å². The molecule has 2 aliphatic carbocycles. The van der Waals surface area contributed by atoms with Crippen LogP contribution in [0.3, 0.4) is 0 Å². The van der Waals surface area contributed by atoms with E-state index in [1.807, 2.05) is 0 Å². The van der Waals surface area contributed by atoms with E-state index in [0.29, 0.717) is 12.0 Å². The van der Waals surface area contributed by atoms with Crippen LogP contribution >= 0.6 is 0 Å². The quantitative estimate of drug-likeness (QED) is 0.829. The molecule has 0 unspecified atom stereocenters. The maximum absolute atomic E-state index is 13.0. The summed E-state index contributed by atoms with van der Waals surface area (Å²) < 4.78 is 25.7. The lowest BCUT2D eigenvalue weighted by atomic mass is 10.0. The first-order chi connectivity index (χ1) is 8.20. The highest BCUT2D eigenvalue weighted by molar-refractivity contribution is 5.17. The van der Waals surface area contributed by atoms with E-state index >= 15 is 0 Å². The summed E-state index contributed by atoms with van der Waals surface area (Å²) in [6, 6.07) is 4.11. The fourth-order valence-corrected chi connectivity index (χ4v) is 2.69. The maximum Gasteiger partial charge on any atom is 0.159 e. The molecule has 2 saturated carbocycles. The van der Waals surface area contributed by atoms with Crippen molar-refractivity contribution < 1.29 is 8.78 Å². The summed E-state index contributed by atoms with van der Waals surface area (Å²) in [6.45, 7) is 1.66. The van der Waals surface area contributed by atoms with Gasteiger partial charge in [0.05, 0.1) is 0 Å². The van der Waals surface area contributed by atoms with Crippen LogP contribution in [-0.2, 0) is 6.54 Å². The molecule has 2 fully saturated rings. The van der Waals surface area contributed by atoms with Gasteiger partial charge in [-0.05, 0) is 54.7 Å². The SMILES string of the molecule is Fc1ccc(CNCC2(C3CC3)CC2)cc1F. The van der Waals surface area contributed by atoms with Gasteiger partial charge in [-0.15, -0.1) is 0 Å². The summed E-state index contributed by atoms with van der Waals surface area (Å²) in [5, 5.41) is 3.38. The molecule has 0 bridgehead atoms. The predicted octanol–water partition coefficient (Wildman–Crippen LogP) is 3.24. The molecule has 0 radical (unpaired) electrons. The van der Waals surface area contributed by atoms with Crippen molar-refractivity contribution in [3.63, 3.8) is 0 Å². The summed E-state index contributed by atoms with van der Waals surface area (Å²) in [5.74, 6) is -0.599. The minimum Gasteiger partial charge on any atom is -0.312 e. The van der Waals surface area contributed by atoms with E-state index in [1.54, 1.807) is 6.07 Å². The predicted molar refractivity (Wildman–Crippen MR) is 62.5 cm³/mol. The van der Waals surface area contributed by atoms with Crippen molar-refractivity contribution in [1.82, 2.24) is 5.32 Å². The first kappa shape index (κ1) is 11.1. The van der Waals surface area contributed by atoms with Crippen molar-refractivity contribution >= 4 is 0 Å². The van der Waals surface area contributed by atoms with Crippen molar-refractivity contribution in [3.8, 4) is 0 Å². The van der Waals surface area contributed by atoms with E-state index in [-0.39, 0.29) is 0 Å². The maximum atomic E-state index is 13.0. The van der Waals surface area contributed by atoms with E-state index in [2.05, 4.69) is 5.32 Å². The second-order valence-corrected chi connectivity index (χ2v) is 5.49. The molecule has 92 valence electrons. The van der Waals surface area contributed by atoms with E-state index in [9.17, 15) is 8.78 Å². The number of hydrogen-bond donors (Lipinski definition) is 1. The monoisotopic (exact) mass is 237 g/mol. The van der Waals surface area contributed by atoms with Gasteiger partial charge in [0.15, 0.2) is 11.6 Å². The van der Waals surface area contributed by atoms with Crippen LogP contribution in [-0.4, -0.2) is 6.54 Å². The van der Waals surface area contributed by atoms with Gasteiger partial charge >= 0.3 is 0 Å². The van der Waals surface area contributed by atoms with Crippen molar-refractivity contribution in [2.45, 2.75) is 32.2 Å². The molecule has 0 spiro atoms. The lowest BCUT2D eigenvalue weighted by Gasteiger charge is -2.15. The second kappa shape index (κ2) is 4.05. The lowest BCUT2D eigenvalue weighted by molar-refractivity contribution is 0.403. The Kier molecular flexibility index (Phi) is 2.66. The number of nitrogens with one attached hydrogen (secondary N) is 1. The summed E-state index contributed by atoms with van der Waals surface area (Å²) in [4.78, 5) is 0. The van der Waals surface area contributed by atoms with Crippen LogP contribution < -0.4 is 5.32 Å². The van der Waals surface area contributed by atoms with E-state index < -0.39 is 11.6 Å². The van der Waals surface area contributed by atoms with Gasteiger partial charge in [-0.2, -0.15) is 0 Å². The molecule has 0 aliphatic heterocycles. The molecule has 0 saturated heterocycles. The zero-order valence-corrected chi connectivity index (χ0v) is 9.81. The van der Waals surface area contributed by atoms with Crippen LogP contribution in [0.25, 0.3) is 0 Å². The fraction of sp³-hybridized carbons (Fsp3) is 0.571. The largest absolute Gasteiger partial charge is 0.312 e. The molecular weight excluding hydrogens is 220 g/mol. The first-order valence-corrected chi connectivity index (χ1v) is 6.34. The molecule has 3 rings (SSSR count). The third-order valence-corrected chi connectivity index (χ3v) is 4.13. The Hall–Kier alpha value is -0.960. The molecule has 0 heterocycles. The minimum absolute atomic E-state index is 0.554. The Morgan fingerprint density at radius 1 is 1.18 bits per heavy atom. The molecule has 1 nitrogen and oxygen atoms in total. The molecule has 0 amide bonds. The van der Waals surface area contributed by atoms with Crippen LogP contribution in [0, 0.1) is 23.0 Å². The molecular formula is C14H17F2N. The summed E-state index contributed by atoms with van der Waals surface area (Å²) in [6.07, 6.45) is 5.44. The molecule has 0 aromatic heterocycles. The average Bonchev–Trinajstić information content (AvgIpc) is 3.14. The van der Waals surface area contributed by atoms with Gasteiger partial charge in [0.2, 0.25) is 0 Å². The van der Waals surface area contributed by atoms with Crippen LogP contribution in [0.5, 0.6) is 0 Å². The van der Waals surface area contributed by atoms with E-state index in [4.69, 9.17) is 0 Å². The minimum atomic E-state index is -0.773. The Labute approximate surface area is 100 Å². The zero-order chi connectivity index (χ0) is 11.9. The third kappa shape index (κ3) is 2.34. The van der Waals surface area contributed by atoms with Gasteiger partial charge in [-0.3, -0.25) is 0 Å². The van der Waals surface area contributed by atoms with Crippen molar-refractivity contribution in [2.75, 3.05) is 6.54 Å². The molecule has 1 aromatic rings. The summed E-state index contributed by atoms with van der Waals surface area (Å²) >= 11 is 0. The van der Waals surface area contributed by atoms with Crippen molar-refractivity contribution in [1.29, 1.82) is 0 Å². The molecule has 1 aromatic carbocycles. The number of rotatable bonds is 5. The Balaban J connectivity index is 1.52. The van der Waals surface area contributed by atoms with Crippen LogP contribution in [0.2, 0.25) is 0 Å². The van der Waals surface area contributed by atoms with Crippen molar-refractivity contribution in [2.24, 2.45) is 11.3 Å². The van der Waals surface area contributed by atoms with Crippen LogP contribution in [0.1, 0.15) is 31.2 Å². The second-order valence-electron chi connectivity index (χ2n) is 5.49. The first-order valence-electron chi connectivity index (χ1n) is 6.34. The van der Waals surface area contributed by atoms with Gasteiger partial charge in [-0.25, -0.2) is 8.78 Å². The normalized spacial score (nSPS) is 21.5. The van der Waals surface area contributed by atoms with Crippen molar-refractivity contribution in [3.05, 3.63) is 35.4 Å². The van der Waals surface area contributed by atoms with Gasteiger partial charge < -0.3 is 5.32 Å². The van der Waals surface area contributed by atoms with Crippen LogP contribution in [0.15, 0.2) is 18.2 Å². The molecule has 2 aliphatic rings. The molecule has 1 N–H and O–H groups in total. The van der Waals surface area contributed by atoms with Gasteiger partial charge in [-0.1, -0.05) is 6.07 Å². The Morgan fingerprint density at radius 2 is 1.94 bits per heavy atom. The van der Waals surface area contributed by atoms with E-state index in [1.165, 1.54) is 37.8 Å². The highest BCUT2D eigenvalue weighted by Gasteiger charge is 2.53. The number of benzene rings is 1. The Morgan fingerprint density at radius 3 is 2.53 bits per heavy atom. The highest BCUT2D eigenvalue weighted by atomic mass is 19.2. The standard InChI is InChI=1S/C14H17F2N/c15-12-4-1-10(7-13(12)16)8-17-9-14(5-6-14)11-2-3-11/h1,4,7,11,17H,2-3,5-6,8-9H2. The summed E-state index contributed by atoms with van der Waals surface area (Å²) in [7, 11) is 0. The number of hydrogen-bond acceptors (Lipinski definition) is 1. The average molecular weight is 237 g/mol. The molecule has 17 heavy (non-hydrogen) atoms. The zero-order valence-electron chi connectivity index (χ0n) is 9.81.